The minimum atomic E-state index is -0.583. The molecule has 2 heterocycles. The number of fused-ring (bicyclic) bond motifs is 1. The number of para-hydroxylation sites is 1. The van der Waals surface area contributed by atoms with Crippen LogP contribution >= 0.6 is 11.3 Å². The molecular formula is C15H19N3O2S. The number of benzene rings is 1. The van der Waals surface area contributed by atoms with Crippen molar-refractivity contribution in [3.8, 4) is 0 Å². The highest BCUT2D eigenvalue weighted by molar-refractivity contribution is 7.22. The summed E-state index contributed by atoms with van der Waals surface area (Å²) in [5, 5.41) is 13.4. The summed E-state index contributed by atoms with van der Waals surface area (Å²) < 4.78 is 1.07. The van der Waals surface area contributed by atoms with Crippen molar-refractivity contribution in [3.05, 3.63) is 24.3 Å². The van der Waals surface area contributed by atoms with E-state index in [-0.39, 0.29) is 5.91 Å². The fourth-order valence-corrected chi connectivity index (χ4v) is 3.36. The Morgan fingerprint density at radius 2 is 2.14 bits per heavy atom. The van der Waals surface area contributed by atoms with E-state index in [1.165, 1.54) is 11.3 Å². The summed E-state index contributed by atoms with van der Waals surface area (Å²) in [4.78, 5) is 18.5. The van der Waals surface area contributed by atoms with E-state index in [0.717, 1.165) is 23.3 Å². The van der Waals surface area contributed by atoms with Crippen molar-refractivity contribution in [2.24, 2.45) is 0 Å². The highest BCUT2D eigenvalue weighted by Gasteiger charge is 2.28. The SMILES string of the molecule is CC1(O)CCN(CC(=O)Nc2nc3ccccc3s2)CC1. The molecule has 0 radical (unpaired) electrons. The predicted octanol–water partition coefficient (Wildman–Crippen LogP) is 2.08. The second kappa shape index (κ2) is 5.71. The minimum absolute atomic E-state index is 0.0457. The molecule has 112 valence electrons. The van der Waals surface area contributed by atoms with Gasteiger partial charge < -0.3 is 10.4 Å². The lowest BCUT2D eigenvalue weighted by Gasteiger charge is -2.35. The molecule has 1 saturated heterocycles. The number of rotatable bonds is 3. The van der Waals surface area contributed by atoms with E-state index in [2.05, 4.69) is 15.2 Å². The van der Waals surface area contributed by atoms with Gasteiger partial charge in [-0.15, -0.1) is 0 Å². The van der Waals surface area contributed by atoms with E-state index in [4.69, 9.17) is 0 Å². The monoisotopic (exact) mass is 305 g/mol. The Morgan fingerprint density at radius 1 is 1.43 bits per heavy atom. The van der Waals surface area contributed by atoms with Gasteiger partial charge in [-0.25, -0.2) is 4.98 Å². The molecule has 21 heavy (non-hydrogen) atoms. The second-order valence-electron chi connectivity index (χ2n) is 5.81. The Balaban J connectivity index is 1.57. The molecule has 1 aliphatic heterocycles. The summed E-state index contributed by atoms with van der Waals surface area (Å²) in [7, 11) is 0. The first kappa shape index (κ1) is 14.4. The lowest BCUT2D eigenvalue weighted by atomic mass is 9.94. The van der Waals surface area contributed by atoms with Crippen molar-refractivity contribution in [3.63, 3.8) is 0 Å². The highest BCUT2D eigenvalue weighted by atomic mass is 32.1. The fraction of sp³-hybridized carbons (Fsp3) is 0.467. The van der Waals surface area contributed by atoms with E-state index in [9.17, 15) is 9.90 Å². The number of nitrogens with zero attached hydrogens (tertiary/aromatic N) is 2. The second-order valence-corrected chi connectivity index (χ2v) is 6.84. The summed E-state index contributed by atoms with van der Waals surface area (Å²) in [5.74, 6) is -0.0457. The molecule has 2 N–H and O–H groups in total. The van der Waals surface area contributed by atoms with Gasteiger partial charge in [-0.1, -0.05) is 23.5 Å². The van der Waals surface area contributed by atoms with Gasteiger partial charge in [0.05, 0.1) is 22.4 Å². The maximum absolute atomic E-state index is 12.1. The lowest BCUT2D eigenvalue weighted by molar-refractivity contribution is -0.118. The molecule has 1 amide bonds. The molecule has 0 aliphatic carbocycles. The number of amides is 1. The zero-order chi connectivity index (χ0) is 14.9. The highest BCUT2D eigenvalue weighted by Crippen LogP contribution is 2.25. The zero-order valence-corrected chi connectivity index (χ0v) is 12.8. The van der Waals surface area contributed by atoms with Crippen LogP contribution in [0.5, 0.6) is 0 Å². The maximum atomic E-state index is 12.1. The van der Waals surface area contributed by atoms with Crippen molar-refractivity contribution in [2.75, 3.05) is 25.0 Å². The Morgan fingerprint density at radius 3 is 2.86 bits per heavy atom. The number of hydrogen-bond acceptors (Lipinski definition) is 5. The van der Waals surface area contributed by atoms with Crippen LogP contribution in [0.2, 0.25) is 0 Å². The Bertz CT molecular complexity index is 610. The molecule has 1 aromatic heterocycles. The standard InChI is InChI=1S/C15H19N3O2S/c1-15(20)6-8-18(9-7-15)10-13(19)17-14-16-11-4-2-3-5-12(11)21-14/h2-5,20H,6-10H2,1H3,(H,16,17,19). The molecule has 0 spiro atoms. The maximum Gasteiger partial charge on any atom is 0.240 e. The van der Waals surface area contributed by atoms with Crippen LogP contribution in [-0.2, 0) is 4.79 Å². The van der Waals surface area contributed by atoms with Crippen molar-refractivity contribution in [2.45, 2.75) is 25.4 Å². The summed E-state index contributed by atoms with van der Waals surface area (Å²) >= 11 is 1.49. The van der Waals surface area contributed by atoms with Crippen LogP contribution in [0.3, 0.4) is 0 Å². The van der Waals surface area contributed by atoms with E-state index in [1.807, 2.05) is 31.2 Å². The molecule has 5 nitrogen and oxygen atoms in total. The largest absolute Gasteiger partial charge is 0.390 e. The molecular weight excluding hydrogens is 286 g/mol. The van der Waals surface area contributed by atoms with Crippen LogP contribution in [0.4, 0.5) is 5.13 Å². The van der Waals surface area contributed by atoms with Gasteiger partial charge in [0.2, 0.25) is 5.91 Å². The van der Waals surface area contributed by atoms with E-state index in [0.29, 0.717) is 24.5 Å². The van der Waals surface area contributed by atoms with Gasteiger partial charge in [0.15, 0.2) is 5.13 Å². The average Bonchev–Trinajstić information content (AvgIpc) is 2.83. The predicted molar refractivity (Wildman–Crippen MR) is 84.5 cm³/mol. The number of likely N-dealkylation sites (tertiary alicyclic amines) is 1. The van der Waals surface area contributed by atoms with Gasteiger partial charge >= 0.3 is 0 Å². The van der Waals surface area contributed by atoms with Gasteiger partial charge in [-0.05, 0) is 31.9 Å². The molecule has 0 bridgehead atoms. The van der Waals surface area contributed by atoms with E-state index < -0.39 is 5.60 Å². The van der Waals surface area contributed by atoms with Gasteiger partial charge in [0.25, 0.3) is 0 Å². The quantitative estimate of drug-likeness (QED) is 0.911. The van der Waals surface area contributed by atoms with Gasteiger partial charge in [-0.2, -0.15) is 0 Å². The van der Waals surface area contributed by atoms with Gasteiger partial charge in [0.1, 0.15) is 0 Å². The number of thiazole rings is 1. The molecule has 1 aliphatic rings. The summed E-state index contributed by atoms with van der Waals surface area (Å²) in [6, 6.07) is 7.84. The fourth-order valence-electron chi connectivity index (χ4n) is 2.48. The summed E-state index contributed by atoms with van der Waals surface area (Å²) in [5.41, 5.74) is 0.326. The third-order valence-corrected chi connectivity index (χ3v) is 4.79. The van der Waals surface area contributed by atoms with Gasteiger partial charge in [-0.3, -0.25) is 9.69 Å². The van der Waals surface area contributed by atoms with Crippen molar-refractivity contribution >= 4 is 32.6 Å². The molecule has 0 unspecified atom stereocenters. The number of carbonyl (C=O) groups is 1. The van der Waals surface area contributed by atoms with Crippen LogP contribution in [0, 0.1) is 0 Å². The first-order valence-corrected chi connectivity index (χ1v) is 7.94. The molecule has 1 aromatic carbocycles. The van der Waals surface area contributed by atoms with Crippen molar-refractivity contribution in [1.82, 2.24) is 9.88 Å². The van der Waals surface area contributed by atoms with Crippen molar-refractivity contribution < 1.29 is 9.90 Å². The topological polar surface area (TPSA) is 65.5 Å². The molecule has 3 rings (SSSR count). The van der Waals surface area contributed by atoms with Crippen LogP contribution in [0.1, 0.15) is 19.8 Å². The number of carbonyl (C=O) groups excluding carboxylic acids is 1. The number of aliphatic hydroxyl groups is 1. The number of hydrogen-bond donors (Lipinski definition) is 2. The zero-order valence-electron chi connectivity index (χ0n) is 12.0. The first-order chi connectivity index (χ1) is 10.0. The Kier molecular flexibility index (Phi) is 3.93. The smallest absolute Gasteiger partial charge is 0.240 e. The molecule has 0 atom stereocenters. The molecule has 1 fully saturated rings. The number of aromatic nitrogens is 1. The minimum Gasteiger partial charge on any atom is -0.390 e. The number of piperidine rings is 1. The first-order valence-electron chi connectivity index (χ1n) is 7.12. The van der Waals surface area contributed by atoms with Crippen LogP contribution in [0.25, 0.3) is 10.2 Å². The Hall–Kier alpha value is -1.50. The Labute approximate surface area is 127 Å². The molecule has 0 saturated carbocycles. The van der Waals surface area contributed by atoms with Gasteiger partial charge in [0, 0.05) is 13.1 Å². The molecule has 6 heteroatoms. The third-order valence-electron chi connectivity index (χ3n) is 3.84. The van der Waals surface area contributed by atoms with E-state index >= 15 is 0 Å². The number of anilines is 1. The van der Waals surface area contributed by atoms with Crippen LogP contribution in [-0.4, -0.2) is 46.1 Å². The van der Waals surface area contributed by atoms with Crippen LogP contribution in [0.15, 0.2) is 24.3 Å². The number of nitrogens with one attached hydrogen (secondary N) is 1. The van der Waals surface area contributed by atoms with E-state index in [1.54, 1.807) is 0 Å². The summed E-state index contributed by atoms with van der Waals surface area (Å²) in [6.07, 6.45) is 1.42. The van der Waals surface area contributed by atoms with Crippen molar-refractivity contribution in [1.29, 1.82) is 0 Å². The summed E-state index contributed by atoms with van der Waals surface area (Å²) in [6.45, 7) is 3.71. The average molecular weight is 305 g/mol. The normalized spacial score (nSPS) is 18.8. The lowest BCUT2D eigenvalue weighted by Crippen LogP contribution is -2.45. The third kappa shape index (κ3) is 3.58. The molecule has 2 aromatic rings. The van der Waals surface area contributed by atoms with Crippen LogP contribution < -0.4 is 5.32 Å².